The molecule has 8 nitrogen and oxygen atoms in total. The van der Waals surface area contributed by atoms with Gasteiger partial charge in [0.25, 0.3) is 5.56 Å². The minimum atomic E-state index is -0.103. The average Bonchev–Trinajstić information content (AvgIpc) is 3.40. The van der Waals surface area contributed by atoms with Crippen LogP contribution in [0.5, 0.6) is 5.75 Å². The van der Waals surface area contributed by atoms with E-state index < -0.39 is 0 Å². The van der Waals surface area contributed by atoms with Crippen molar-refractivity contribution in [2.24, 2.45) is 0 Å². The van der Waals surface area contributed by atoms with Crippen LogP contribution in [0.15, 0.2) is 77.6 Å². The maximum atomic E-state index is 13.3. The lowest BCUT2D eigenvalue weighted by atomic mass is 10.0. The van der Waals surface area contributed by atoms with Gasteiger partial charge in [0.15, 0.2) is 5.82 Å². The van der Waals surface area contributed by atoms with Gasteiger partial charge in [-0.3, -0.25) is 9.69 Å². The maximum absolute atomic E-state index is 13.3. The molecule has 0 aliphatic rings. The zero-order valence-electron chi connectivity index (χ0n) is 22.9. The molecule has 2 aromatic heterocycles. The van der Waals surface area contributed by atoms with Gasteiger partial charge >= 0.3 is 0 Å². The van der Waals surface area contributed by atoms with E-state index >= 15 is 0 Å². The van der Waals surface area contributed by atoms with Crippen LogP contribution in [0.1, 0.15) is 53.0 Å². The Labute approximate surface area is 228 Å². The Morgan fingerprint density at radius 1 is 0.974 bits per heavy atom. The van der Waals surface area contributed by atoms with Crippen LogP contribution >= 0.6 is 0 Å². The van der Waals surface area contributed by atoms with E-state index in [1.54, 1.807) is 7.11 Å². The van der Waals surface area contributed by atoms with Crippen LogP contribution in [0.25, 0.3) is 10.9 Å². The fourth-order valence-electron chi connectivity index (χ4n) is 5.07. The van der Waals surface area contributed by atoms with E-state index in [0.717, 1.165) is 51.2 Å². The van der Waals surface area contributed by atoms with E-state index in [2.05, 4.69) is 63.5 Å². The third kappa shape index (κ3) is 5.76. The first-order valence-electron chi connectivity index (χ1n) is 13.3. The number of fused-ring (bicyclic) bond motifs is 1. The Bertz CT molecular complexity index is 1610. The van der Waals surface area contributed by atoms with Crippen LogP contribution < -0.4 is 10.3 Å². The number of hydrogen-bond donors (Lipinski definition) is 1. The van der Waals surface area contributed by atoms with Crippen LogP contribution in [-0.4, -0.2) is 37.2 Å². The molecule has 0 aliphatic carbocycles. The molecule has 0 amide bonds. The number of benzene rings is 3. The molecule has 0 radical (unpaired) electrons. The SMILES string of the molecule is CCC(c1nnnn1Cc1ccc(OC)cc1)N(Cc1ccccc1)Cc1cc2ccc(C)c(C)c2[nH]c1=O. The predicted octanol–water partition coefficient (Wildman–Crippen LogP) is 5.34. The van der Waals surface area contributed by atoms with E-state index in [0.29, 0.717) is 25.2 Å². The van der Waals surface area contributed by atoms with E-state index in [9.17, 15) is 4.79 Å². The van der Waals surface area contributed by atoms with Crippen molar-refractivity contribution in [2.45, 2.75) is 52.9 Å². The third-order valence-corrected chi connectivity index (χ3v) is 7.41. The third-order valence-electron chi connectivity index (χ3n) is 7.41. The van der Waals surface area contributed by atoms with Gasteiger partial charge in [0.2, 0.25) is 0 Å². The molecule has 0 aliphatic heterocycles. The first-order valence-corrected chi connectivity index (χ1v) is 13.3. The summed E-state index contributed by atoms with van der Waals surface area (Å²) in [7, 11) is 1.66. The largest absolute Gasteiger partial charge is 0.497 e. The molecule has 2 heterocycles. The predicted molar refractivity (Wildman–Crippen MR) is 153 cm³/mol. The molecule has 8 heteroatoms. The van der Waals surface area contributed by atoms with Crippen LogP contribution in [0.4, 0.5) is 0 Å². The van der Waals surface area contributed by atoms with Gasteiger partial charge in [-0.25, -0.2) is 4.68 Å². The molecule has 0 fully saturated rings. The summed E-state index contributed by atoms with van der Waals surface area (Å²) in [5.41, 5.74) is 6.04. The van der Waals surface area contributed by atoms with Gasteiger partial charge in [-0.2, -0.15) is 0 Å². The number of nitrogens with one attached hydrogen (secondary N) is 1. The zero-order valence-corrected chi connectivity index (χ0v) is 22.9. The Morgan fingerprint density at radius 2 is 1.74 bits per heavy atom. The second-order valence-electron chi connectivity index (χ2n) is 9.95. The minimum absolute atomic E-state index is 0.0676. The number of rotatable bonds is 10. The highest BCUT2D eigenvalue weighted by Crippen LogP contribution is 2.27. The fraction of sp³-hybridized carbons (Fsp3) is 0.290. The van der Waals surface area contributed by atoms with E-state index in [1.165, 1.54) is 0 Å². The van der Waals surface area contributed by atoms with Crippen molar-refractivity contribution >= 4 is 10.9 Å². The maximum Gasteiger partial charge on any atom is 0.252 e. The van der Waals surface area contributed by atoms with Crippen molar-refractivity contribution in [1.82, 2.24) is 30.1 Å². The van der Waals surface area contributed by atoms with Gasteiger partial charge in [0.1, 0.15) is 5.75 Å². The summed E-state index contributed by atoms with van der Waals surface area (Å²) in [5, 5.41) is 13.9. The summed E-state index contributed by atoms with van der Waals surface area (Å²) in [6.45, 7) is 7.89. The summed E-state index contributed by atoms with van der Waals surface area (Å²) >= 11 is 0. The molecule has 1 N–H and O–H groups in total. The summed E-state index contributed by atoms with van der Waals surface area (Å²) in [6, 6.07) is 24.3. The molecule has 0 bridgehead atoms. The molecule has 0 spiro atoms. The van der Waals surface area contributed by atoms with Crippen molar-refractivity contribution in [3.05, 3.63) is 117 Å². The molecular formula is C31H34N6O2. The Hall–Kier alpha value is -4.30. The summed E-state index contributed by atoms with van der Waals surface area (Å²) < 4.78 is 7.15. The lowest BCUT2D eigenvalue weighted by molar-refractivity contribution is 0.161. The number of tetrazole rings is 1. The average molecular weight is 523 g/mol. The van der Waals surface area contributed by atoms with Crippen LogP contribution in [0.2, 0.25) is 0 Å². The molecular weight excluding hydrogens is 488 g/mol. The number of pyridine rings is 1. The minimum Gasteiger partial charge on any atom is -0.497 e. The number of hydrogen-bond acceptors (Lipinski definition) is 6. The number of H-pyrrole nitrogens is 1. The summed E-state index contributed by atoms with van der Waals surface area (Å²) in [5.74, 6) is 1.58. The van der Waals surface area contributed by atoms with Crippen LogP contribution in [0, 0.1) is 13.8 Å². The van der Waals surface area contributed by atoms with Gasteiger partial charge in [0, 0.05) is 18.7 Å². The van der Waals surface area contributed by atoms with Crippen molar-refractivity contribution in [2.75, 3.05) is 7.11 Å². The number of aryl methyl sites for hydroxylation is 2. The number of methoxy groups -OCH3 is 1. The van der Waals surface area contributed by atoms with Crippen LogP contribution in [-0.2, 0) is 19.6 Å². The van der Waals surface area contributed by atoms with Gasteiger partial charge in [-0.1, -0.05) is 61.5 Å². The van der Waals surface area contributed by atoms with Gasteiger partial charge in [-0.15, -0.1) is 5.10 Å². The monoisotopic (exact) mass is 522 g/mol. The molecule has 1 atom stereocenters. The Kier molecular flexibility index (Phi) is 7.84. The number of nitrogens with zero attached hydrogens (tertiary/aromatic N) is 5. The van der Waals surface area contributed by atoms with Crippen molar-refractivity contribution in [3.63, 3.8) is 0 Å². The standard InChI is InChI=1S/C31H34N6O2/c1-5-28(30-33-34-35-37(30)19-24-12-15-27(39-4)16-13-24)36(18-23-9-7-6-8-10-23)20-26-17-25-14-11-21(2)22(3)29(25)32-31(26)38/h6-17,28H,5,18-20H2,1-4H3,(H,32,38). The van der Waals surface area contributed by atoms with Crippen LogP contribution in [0.3, 0.4) is 0 Å². The molecule has 5 rings (SSSR count). The first-order chi connectivity index (χ1) is 19.0. The number of aromatic nitrogens is 5. The van der Waals surface area contributed by atoms with E-state index in [-0.39, 0.29) is 11.6 Å². The van der Waals surface area contributed by atoms with Gasteiger partial charge < -0.3 is 9.72 Å². The summed E-state index contributed by atoms with van der Waals surface area (Å²) in [6.07, 6.45) is 0.777. The second kappa shape index (κ2) is 11.6. The lowest BCUT2D eigenvalue weighted by Gasteiger charge is -2.30. The first kappa shape index (κ1) is 26.3. The highest BCUT2D eigenvalue weighted by Gasteiger charge is 2.26. The Morgan fingerprint density at radius 3 is 2.46 bits per heavy atom. The number of aromatic amines is 1. The highest BCUT2D eigenvalue weighted by molar-refractivity contribution is 5.83. The summed E-state index contributed by atoms with van der Waals surface area (Å²) in [4.78, 5) is 18.7. The molecule has 0 saturated carbocycles. The van der Waals surface area contributed by atoms with E-state index in [1.807, 2.05) is 60.1 Å². The molecule has 0 saturated heterocycles. The number of ether oxygens (including phenoxy) is 1. The van der Waals surface area contributed by atoms with E-state index in [4.69, 9.17) is 4.74 Å². The molecule has 200 valence electrons. The second-order valence-corrected chi connectivity index (χ2v) is 9.95. The smallest absolute Gasteiger partial charge is 0.252 e. The highest BCUT2D eigenvalue weighted by atomic mass is 16.5. The zero-order chi connectivity index (χ0) is 27.4. The lowest BCUT2D eigenvalue weighted by Crippen LogP contribution is -2.32. The topological polar surface area (TPSA) is 88.9 Å². The van der Waals surface area contributed by atoms with Crippen molar-refractivity contribution in [1.29, 1.82) is 0 Å². The van der Waals surface area contributed by atoms with Gasteiger partial charge in [-0.05, 0) is 76.5 Å². The van der Waals surface area contributed by atoms with Crippen molar-refractivity contribution in [3.8, 4) is 5.75 Å². The Balaban J connectivity index is 1.50. The molecule has 1 unspecified atom stereocenters. The fourth-order valence-corrected chi connectivity index (χ4v) is 5.07. The quantitative estimate of drug-likeness (QED) is 0.266. The normalized spacial score (nSPS) is 12.2. The molecule has 3 aromatic carbocycles. The molecule has 5 aromatic rings. The molecule has 39 heavy (non-hydrogen) atoms. The van der Waals surface area contributed by atoms with Crippen molar-refractivity contribution < 1.29 is 4.74 Å². The van der Waals surface area contributed by atoms with Gasteiger partial charge in [0.05, 0.1) is 25.2 Å².